The quantitative estimate of drug-likeness (QED) is 0.0809. The smallest absolute Gasteiger partial charge is 0.328 e. The lowest BCUT2D eigenvalue weighted by Gasteiger charge is -2.45. The number of benzene rings is 3. The number of methoxy groups -OCH3 is 2. The summed E-state index contributed by atoms with van der Waals surface area (Å²) in [5, 5.41) is 110. The number of hydrogen-bond donors (Lipinski definition) is 11. The summed E-state index contributed by atoms with van der Waals surface area (Å²) in [5.74, 6) is -2.71. The van der Waals surface area contributed by atoms with Gasteiger partial charge in [0.05, 0.1) is 26.9 Å². The molecule has 19 heteroatoms. The zero-order valence-corrected chi connectivity index (χ0v) is 30.9. The van der Waals surface area contributed by atoms with E-state index in [1.807, 2.05) is 0 Å². The van der Waals surface area contributed by atoms with Gasteiger partial charge in [-0.3, -0.25) is 4.79 Å². The van der Waals surface area contributed by atoms with Gasteiger partial charge in [-0.25, -0.2) is 4.79 Å². The summed E-state index contributed by atoms with van der Waals surface area (Å²) in [5.41, 5.74) is 0.863. The number of ketones is 1. The van der Waals surface area contributed by atoms with Crippen LogP contribution < -0.4 is 14.2 Å². The Kier molecular flexibility index (Phi) is 15.4. The summed E-state index contributed by atoms with van der Waals surface area (Å²) in [6, 6.07) is 11.2. The molecule has 0 spiro atoms. The van der Waals surface area contributed by atoms with Crippen LogP contribution in [0.2, 0.25) is 0 Å². The van der Waals surface area contributed by atoms with Crippen LogP contribution >= 0.6 is 0 Å². The maximum atomic E-state index is 12.9. The fraction of sp³-hybridized carbons (Fsp3) is 0.421. The van der Waals surface area contributed by atoms with Crippen LogP contribution in [0.1, 0.15) is 34.8 Å². The second kappa shape index (κ2) is 19.8. The lowest BCUT2D eigenvalue weighted by molar-refractivity contribution is -0.354. The molecule has 2 aliphatic heterocycles. The summed E-state index contributed by atoms with van der Waals surface area (Å²) in [4.78, 5) is 23.1. The van der Waals surface area contributed by atoms with E-state index in [0.717, 1.165) is 18.2 Å². The first-order chi connectivity index (χ1) is 27.0. The number of rotatable bonds is 13. The van der Waals surface area contributed by atoms with Crippen molar-refractivity contribution in [2.24, 2.45) is 0 Å². The molecule has 0 aliphatic carbocycles. The summed E-state index contributed by atoms with van der Waals surface area (Å²) < 4.78 is 32.1. The van der Waals surface area contributed by atoms with Crippen molar-refractivity contribution in [3.63, 3.8) is 0 Å². The first kappa shape index (κ1) is 44.5. The summed E-state index contributed by atoms with van der Waals surface area (Å²) in [7, 11) is 2.83. The van der Waals surface area contributed by atoms with Crippen LogP contribution in [0.3, 0.4) is 0 Å². The Hall–Kier alpha value is -5.22. The first-order valence-corrected chi connectivity index (χ1v) is 17.4. The van der Waals surface area contributed by atoms with Crippen LogP contribution in [-0.2, 0) is 25.4 Å². The molecule has 2 heterocycles. The number of carbonyl (C=O) groups excluding carboxylic acids is 1. The minimum Gasteiger partial charge on any atom is -0.507 e. The van der Waals surface area contributed by atoms with E-state index < -0.39 is 96.8 Å². The second-order valence-electron chi connectivity index (χ2n) is 13.0. The zero-order valence-electron chi connectivity index (χ0n) is 30.9. The summed E-state index contributed by atoms with van der Waals surface area (Å²) in [6.07, 6.45) is -13.1. The van der Waals surface area contributed by atoms with E-state index in [1.165, 1.54) is 45.4 Å². The summed E-state index contributed by atoms with van der Waals surface area (Å²) in [6.45, 7) is 0.662. The molecule has 3 aromatic rings. The molecule has 10 atom stereocenters. The van der Waals surface area contributed by atoms with Crippen molar-refractivity contribution in [1.29, 1.82) is 0 Å². The summed E-state index contributed by atoms with van der Waals surface area (Å²) >= 11 is 0. The Morgan fingerprint density at radius 3 is 2.00 bits per heavy atom. The Morgan fingerprint density at radius 1 is 0.737 bits per heavy atom. The number of phenols is 4. The van der Waals surface area contributed by atoms with Crippen molar-refractivity contribution < 1.29 is 94.2 Å². The normalized spacial score (nSPS) is 27.2. The second-order valence-corrected chi connectivity index (χ2v) is 13.0. The first-order valence-electron chi connectivity index (χ1n) is 17.4. The van der Waals surface area contributed by atoms with Gasteiger partial charge in [-0.15, -0.1) is 0 Å². The third kappa shape index (κ3) is 11.0. The minimum atomic E-state index is -1.79. The highest BCUT2D eigenvalue weighted by Gasteiger charge is 2.51. The highest BCUT2D eigenvalue weighted by atomic mass is 16.8. The number of aliphatic carboxylic acids is 1. The van der Waals surface area contributed by atoms with Crippen LogP contribution in [0.5, 0.6) is 40.2 Å². The van der Waals surface area contributed by atoms with Gasteiger partial charge in [0.2, 0.25) is 6.29 Å². The van der Waals surface area contributed by atoms with E-state index in [2.05, 4.69) is 0 Å². The maximum Gasteiger partial charge on any atom is 0.328 e. The van der Waals surface area contributed by atoms with Crippen LogP contribution in [0.25, 0.3) is 6.08 Å². The molecule has 11 N–H and O–H groups in total. The number of aryl methyl sites for hydroxylation is 1. The van der Waals surface area contributed by atoms with Gasteiger partial charge in [0.25, 0.3) is 0 Å². The third-order valence-electron chi connectivity index (χ3n) is 9.03. The molecule has 3 aromatic carbocycles. The molecule has 2 saturated heterocycles. The average molecular weight is 807 g/mol. The molecule has 0 aromatic heterocycles. The van der Waals surface area contributed by atoms with E-state index in [0.29, 0.717) is 16.9 Å². The number of phenolic OH excluding ortho intramolecular Hbond substituents is 4. The molecule has 2 fully saturated rings. The molecule has 19 nitrogen and oxygen atoms in total. The molecule has 57 heavy (non-hydrogen) atoms. The molecule has 0 unspecified atom stereocenters. The number of Topliss-reactive ketones (excluding diaryl/α,β-unsaturated/α-hetero) is 1. The van der Waals surface area contributed by atoms with Crippen LogP contribution in [0.15, 0.2) is 54.6 Å². The molecular formula is C38H46O19. The van der Waals surface area contributed by atoms with Gasteiger partial charge in [0, 0.05) is 24.6 Å². The lowest BCUT2D eigenvalue weighted by Crippen LogP contribution is -2.64. The van der Waals surface area contributed by atoms with Gasteiger partial charge in [-0.2, -0.15) is 0 Å². The van der Waals surface area contributed by atoms with Crippen molar-refractivity contribution >= 4 is 17.8 Å². The molecule has 0 radical (unpaired) electrons. The highest BCUT2D eigenvalue weighted by Crippen LogP contribution is 2.37. The highest BCUT2D eigenvalue weighted by molar-refractivity contribution is 6.01. The van der Waals surface area contributed by atoms with E-state index in [-0.39, 0.29) is 35.8 Å². The standard InChI is InChI=1S/C28H36O15.C10H10O4/c1-11-21(34)23(36)25(38)27(40-11)43-26-24(37)22(35)19(10-29)42-28(26)41-13-8-16(32)20(17(33)9-13)14(30)5-3-12-4-6-18(39-2)15(31)7-12;1-14-9-6-7(2-4-8(9)11)3-5-10(12)13/h4,6-9,11,19,21-29,31-38H,3,5,10H2,1-2H3;2-6,11H,1H3,(H,12,13)/b;5-3+/t11-,19+,21-,22+,23+,24-,25+,26+,27-,28+;/m0./s1. The van der Waals surface area contributed by atoms with Crippen molar-refractivity contribution in [1.82, 2.24) is 0 Å². The number of aliphatic hydroxyl groups is 6. The van der Waals surface area contributed by atoms with Crippen molar-refractivity contribution in [3.05, 3.63) is 71.3 Å². The predicted molar refractivity (Wildman–Crippen MR) is 194 cm³/mol. The molecular weight excluding hydrogens is 760 g/mol. The zero-order chi connectivity index (χ0) is 42.1. The SMILES string of the molecule is COc1cc(/C=C/C(=O)O)ccc1O.COc1ccc(CCC(=O)c2c(O)cc(O[C@@H]3O[C@H](CO)[C@@H](O)[C@H](O)[C@H]3O[C@@H]3O[C@@H](C)[C@H](O)[C@@H](O)[C@H]3O)cc2O)cc1O. The fourth-order valence-electron chi connectivity index (χ4n) is 5.89. The molecule has 5 rings (SSSR count). The number of aliphatic hydroxyl groups excluding tert-OH is 6. The van der Waals surface area contributed by atoms with Crippen molar-refractivity contribution in [2.45, 2.75) is 81.2 Å². The maximum absolute atomic E-state index is 12.9. The van der Waals surface area contributed by atoms with Gasteiger partial charge >= 0.3 is 5.97 Å². The lowest BCUT2D eigenvalue weighted by atomic mass is 9.97. The van der Waals surface area contributed by atoms with Gasteiger partial charge in [-0.05, 0) is 54.8 Å². The number of hydrogen-bond acceptors (Lipinski definition) is 18. The number of carbonyl (C=O) groups is 2. The van der Waals surface area contributed by atoms with Gasteiger partial charge in [0.1, 0.15) is 59.4 Å². The monoisotopic (exact) mass is 806 g/mol. The van der Waals surface area contributed by atoms with Crippen molar-refractivity contribution in [2.75, 3.05) is 20.8 Å². The number of aromatic hydroxyl groups is 4. The van der Waals surface area contributed by atoms with Crippen molar-refractivity contribution in [3.8, 4) is 40.2 Å². The minimum absolute atomic E-state index is 0.0278. The molecule has 312 valence electrons. The Balaban J connectivity index is 0.000000433. The van der Waals surface area contributed by atoms with E-state index in [9.17, 15) is 60.7 Å². The van der Waals surface area contributed by atoms with E-state index >= 15 is 0 Å². The number of carboxylic acids is 1. The predicted octanol–water partition coefficient (Wildman–Crippen LogP) is 0.157. The largest absolute Gasteiger partial charge is 0.507 e. The number of carboxylic acid groups (broad SMARTS) is 1. The van der Waals surface area contributed by atoms with E-state index in [1.54, 1.807) is 18.2 Å². The van der Waals surface area contributed by atoms with Gasteiger partial charge in [-0.1, -0.05) is 12.1 Å². The van der Waals surface area contributed by atoms with Gasteiger partial charge in [0.15, 0.2) is 41.2 Å². The topological polar surface area (TPSA) is 312 Å². The van der Waals surface area contributed by atoms with Gasteiger partial charge < -0.3 is 84.6 Å². The van der Waals surface area contributed by atoms with E-state index in [4.69, 9.17) is 33.5 Å². The Morgan fingerprint density at radius 2 is 1.40 bits per heavy atom. The Bertz CT molecular complexity index is 1840. The molecule has 0 bridgehead atoms. The van der Waals surface area contributed by atoms with Crippen LogP contribution in [0.4, 0.5) is 0 Å². The fourth-order valence-corrected chi connectivity index (χ4v) is 5.89. The average Bonchev–Trinajstić information content (AvgIpc) is 3.17. The molecule has 2 aliphatic rings. The molecule has 0 saturated carbocycles. The van der Waals surface area contributed by atoms with Crippen LogP contribution in [-0.4, -0.2) is 150 Å². The molecule has 0 amide bonds. The third-order valence-corrected chi connectivity index (χ3v) is 9.03. The van der Waals surface area contributed by atoms with Crippen LogP contribution in [0, 0.1) is 0 Å². The number of ether oxygens (including phenoxy) is 6. The Labute approximate surface area is 325 Å².